The van der Waals surface area contributed by atoms with Crippen molar-refractivity contribution in [2.75, 3.05) is 6.61 Å². The first kappa shape index (κ1) is 13.2. The van der Waals surface area contributed by atoms with Crippen LogP contribution >= 0.6 is 23.1 Å². The molecule has 2 aromatic rings. The second-order valence-electron chi connectivity index (χ2n) is 3.51. The zero-order valence-corrected chi connectivity index (χ0v) is 11.2. The Labute approximate surface area is 114 Å². The minimum Gasteiger partial charge on any atom is -0.384 e. The maximum Gasteiger partial charge on any atom is 0.124 e. The highest BCUT2D eigenvalue weighted by Crippen LogP contribution is 2.26. The summed E-state index contributed by atoms with van der Waals surface area (Å²) < 4.78 is 13.0. The molecule has 0 radical (unpaired) electrons. The highest BCUT2D eigenvalue weighted by molar-refractivity contribution is 7.98. The van der Waals surface area contributed by atoms with Crippen LogP contribution in [0, 0.1) is 17.7 Å². The summed E-state index contributed by atoms with van der Waals surface area (Å²) in [5.41, 5.74) is 0.920. The molecule has 1 N–H and O–H groups in total. The van der Waals surface area contributed by atoms with E-state index in [-0.39, 0.29) is 12.4 Å². The first-order valence-electron chi connectivity index (χ1n) is 5.33. The predicted molar refractivity (Wildman–Crippen MR) is 74.2 cm³/mol. The second-order valence-corrected chi connectivity index (χ2v) is 5.55. The average molecular weight is 278 g/mol. The van der Waals surface area contributed by atoms with Gasteiger partial charge in [-0.3, -0.25) is 0 Å². The number of thioether (sulfide) groups is 1. The first-order chi connectivity index (χ1) is 8.78. The number of benzene rings is 1. The fourth-order valence-corrected chi connectivity index (χ4v) is 3.19. The van der Waals surface area contributed by atoms with Crippen molar-refractivity contribution in [1.29, 1.82) is 0 Å². The number of aliphatic hydroxyl groups excluding tert-OH is 1. The van der Waals surface area contributed by atoms with Gasteiger partial charge in [0.05, 0.1) is 0 Å². The first-order valence-corrected chi connectivity index (χ1v) is 7.20. The van der Waals surface area contributed by atoms with E-state index in [1.54, 1.807) is 29.2 Å². The summed E-state index contributed by atoms with van der Waals surface area (Å²) in [5.74, 6) is 6.07. The molecule has 0 amide bonds. The molecule has 0 atom stereocenters. The SMILES string of the molecule is OCC#Cc1csc(CSc2cccc(F)c2)c1. The molecular formula is C14H11FOS2. The molecule has 0 bridgehead atoms. The molecule has 4 heteroatoms. The summed E-state index contributed by atoms with van der Waals surface area (Å²) in [6.45, 7) is -0.122. The Morgan fingerprint density at radius 3 is 3.00 bits per heavy atom. The lowest BCUT2D eigenvalue weighted by Crippen LogP contribution is -1.77. The lowest BCUT2D eigenvalue weighted by molar-refractivity contribution is 0.350. The molecule has 0 fully saturated rings. The third-order valence-corrected chi connectivity index (χ3v) is 4.30. The molecule has 0 saturated heterocycles. The molecule has 1 aromatic carbocycles. The molecule has 2 rings (SSSR count). The maximum absolute atomic E-state index is 13.0. The van der Waals surface area contributed by atoms with Crippen LogP contribution in [0.5, 0.6) is 0 Å². The molecule has 1 heterocycles. The van der Waals surface area contributed by atoms with Crippen molar-refractivity contribution in [2.24, 2.45) is 0 Å². The van der Waals surface area contributed by atoms with Crippen molar-refractivity contribution >= 4 is 23.1 Å². The van der Waals surface area contributed by atoms with Gasteiger partial charge >= 0.3 is 0 Å². The normalized spacial score (nSPS) is 9.89. The molecule has 0 saturated carbocycles. The van der Waals surface area contributed by atoms with Gasteiger partial charge in [0, 0.05) is 26.5 Å². The Bertz CT molecular complexity index is 581. The van der Waals surface area contributed by atoms with Crippen molar-refractivity contribution in [3.05, 3.63) is 52.0 Å². The zero-order valence-electron chi connectivity index (χ0n) is 9.52. The van der Waals surface area contributed by atoms with E-state index in [9.17, 15) is 4.39 Å². The van der Waals surface area contributed by atoms with Gasteiger partial charge in [0.25, 0.3) is 0 Å². The van der Waals surface area contributed by atoms with Crippen molar-refractivity contribution in [3.8, 4) is 11.8 Å². The standard InChI is InChI=1S/C14H11FOS2/c15-12-4-1-5-13(8-12)18-10-14-7-11(9-17-14)3-2-6-16/h1,4-5,7-9,16H,6,10H2. The van der Waals surface area contributed by atoms with Crippen LogP contribution in [-0.4, -0.2) is 11.7 Å². The van der Waals surface area contributed by atoms with Crippen molar-refractivity contribution in [1.82, 2.24) is 0 Å². The largest absolute Gasteiger partial charge is 0.384 e. The van der Waals surface area contributed by atoms with E-state index in [2.05, 4.69) is 11.8 Å². The summed E-state index contributed by atoms with van der Waals surface area (Å²) in [4.78, 5) is 2.11. The fourth-order valence-electron chi connectivity index (χ4n) is 1.37. The highest BCUT2D eigenvalue weighted by Gasteiger charge is 2.00. The van der Waals surface area contributed by atoms with Gasteiger partial charge in [-0.15, -0.1) is 23.1 Å². The molecular weight excluding hydrogens is 267 g/mol. The number of hydrogen-bond acceptors (Lipinski definition) is 3. The van der Waals surface area contributed by atoms with Gasteiger partial charge < -0.3 is 5.11 Å². The van der Waals surface area contributed by atoms with Crippen LogP contribution in [-0.2, 0) is 5.75 Å². The van der Waals surface area contributed by atoms with E-state index in [0.717, 1.165) is 16.2 Å². The van der Waals surface area contributed by atoms with E-state index in [4.69, 9.17) is 5.11 Å². The van der Waals surface area contributed by atoms with Gasteiger partial charge in [0.2, 0.25) is 0 Å². The number of thiophene rings is 1. The highest BCUT2D eigenvalue weighted by atomic mass is 32.2. The average Bonchev–Trinajstić information content (AvgIpc) is 2.82. The third kappa shape index (κ3) is 3.88. The molecule has 92 valence electrons. The van der Waals surface area contributed by atoms with Crippen LogP contribution in [0.4, 0.5) is 4.39 Å². The van der Waals surface area contributed by atoms with E-state index in [1.807, 2.05) is 17.5 Å². The number of halogens is 1. The molecule has 1 aromatic heterocycles. The third-order valence-electron chi connectivity index (χ3n) is 2.14. The summed E-state index contributed by atoms with van der Waals surface area (Å²) in [5, 5.41) is 10.6. The summed E-state index contributed by atoms with van der Waals surface area (Å²) in [7, 11) is 0. The maximum atomic E-state index is 13.0. The molecule has 0 spiro atoms. The van der Waals surface area contributed by atoms with Crippen LogP contribution in [0.2, 0.25) is 0 Å². The van der Waals surface area contributed by atoms with Crippen LogP contribution in [0.25, 0.3) is 0 Å². The molecule has 0 unspecified atom stereocenters. The Balaban J connectivity index is 1.96. The van der Waals surface area contributed by atoms with E-state index < -0.39 is 0 Å². The Morgan fingerprint density at radius 2 is 2.22 bits per heavy atom. The number of rotatable bonds is 3. The van der Waals surface area contributed by atoms with Crippen LogP contribution in [0.1, 0.15) is 10.4 Å². The summed E-state index contributed by atoms with van der Waals surface area (Å²) in [6, 6.07) is 8.58. The molecule has 0 aliphatic heterocycles. The van der Waals surface area contributed by atoms with Crippen molar-refractivity contribution in [2.45, 2.75) is 10.6 Å². The monoisotopic (exact) mass is 278 g/mol. The predicted octanol–water partition coefficient (Wildman–Crippen LogP) is 3.52. The molecule has 1 nitrogen and oxygen atoms in total. The quantitative estimate of drug-likeness (QED) is 0.684. The van der Waals surface area contributed by atoms with Gasteiger partial charge in [-0.1, -0.05) is 17.9 Å². The molecule has 0 aliphatic rings. The lowest BCUT2D eigenvalue weighted by atomic mass is 10.3. The summed E-state index contributed by atoms with van der Waals surface area (Å²) >= 11 is 3.22. The van der Waals surface area contributed by atoms with Crippen molar-refractivity contribution in [3.63, 3.8) is 0 Å². The van der Waals surface area contributed by atoms with Gasteiger partial charge in [-0.05, 0) is 24.3 Å². The molecule has 18 heavy (non-hydrogen) atoms. The lowest BCUT2D eigenvalue weighted by Gasteiger charge is -1.99. The van der Waals surface area contributed by atoms with Gasteiger partial charge in [0.1, 0.15) is 12.4 Å². The Morgan fingerprint density at radius 1 is 1.33 bits per heavy atom. The van der Waals surface area contributed by atoms with E-state index in [1.165, 1.54) is 17.0 Å². The summed E-state index contributed by atoms with van der Waals surface area (Å²) in [6.07, 6.45) is 0. The Hall–Kier alpha value is -1.28. The fraction of sp³-hybridized carbons (Fsp3) is 0.143. The van der Waals surface area contributed by atoms with E-state index >= 15 is 0 Å². The minimum atomic E-state index is -0.208. The minimum absolute atomic E-state index is 0.122. The van der Waals surface area contributed by atoms with Crippen LogP contribution in [0.15, 0.2) is 40.6 Å². The molecule has 0 aliphatic carbocycles. The topological polar surface area (TPSA) is 20.2 Å². The van der Waals surface area contributed by atoms with Gasteiger partial charge in [-0.25, -0.2) is 4.39 Å². The van der Waals surface area contributed by atoms with Crippen molar-refractivity contribution < 1.29 is 9.50 Å². The number of aliphatic hydroxyl groups is 1. The van der Waals surface area contributed by atoms with Crippen LogP contribution in [0.3, 0.4) is 0 Å². The Kier molecular flexibility index (Phi) is 4.82. The van der Waals surface area contributed by atoms with E-state index in [0.29, 0.717) is 0 Å². The zero-order chi connectivity index (χ0) is 12.8. The van der Waals surface area contributed by atoms with Gasteiger partial charge in [0.15, 0.2) is 0 Å². The second kappa shape index (κ2) is 6.60. The van der Waals surface area contributed by atoms with Gasteiger partial charge in [-0.2, -0.15) is 0 Å². The van der Waals surface area contributed by atoms with Crippen LogP contribution < -0.4 is 0 Å². The smallest absolute Gasteiger partial charge is 0.124 e. The number of hydrogen-bond donors (Lipinski definition) is 1.